The Balaban J connectivity index is 1.01. The van der Waals surface area contributed by atoms with Crippen molar-refractivity contribution in [2.24, 2.45) is 10.9 Å². The van der Waals surface area contributed by atoms with Crippen LogP contribution in [0.15, 0.2) is 53.7 Å². The molecular formula is C44H51N7O7. The molecule has 6 atom stereocenters. The van der Waals surface area contributed by atoms with E-state index in [4.69, 9.17) is 24.2 Å². The van der Waals surface area contributed by atoms with Crippen molar-refractivity contribution in [3.8, 4) is 28.1 Å². The lowest BCUT2D eigenvalue weighted by atomic mass is 9.90. The van der Waals surface area contributed by atoms with E-state index < -0.39 is 24.3 Å². The summed E-state index contributed by atoms with van der Waals surface area (Å²) in [5.74, 6) is 1.12. The Morgan fingerprint density at radius 1 is 0.845 bits per heavy atom. The van der Waals surface area contributed by atoms with Crippen LogP contribution in [0.3, 0.4) is 0 Å². The van der Waals surface area contributed by atoms with Crippen molar-refractivity contribution in [3.05, 3.63) is 65.6 Å². The van der Waals surface area contributed by atoms with Crippen molar-refractivity contribution in [1.82, 2.24) is 30.4 Å². The van der Waals surface area contributed by atoms with Gasteiger partial charge in [0.2, 0.25) is 11.8 Å². The first-order chi connectivity index (χ1) is 27.9. The smallest absolute Gasteiger partial charge is 0.407 e. The number of imidazole rings is 1. The summed E-state index contributed by atoms with van der Waals surface area (Å²) in [5.41, 5.74) is 7.99. The van der Waals surface area contributed by atoms with Crippen LogP contribution < -0.4 is 15.4 Å². The maximum absolute atomic E-state index is 14.0. The number of H-pyrrole nitrogens is 1. The van der Waals surface area contributed by atoms with Gasteiger partial charge in [-0.05, 0) is 110 Å². The molecule has 3 N–H and O–H groups in total. The molecule has 58 heavy (non-hydrogen) atoms. The lowest BCUT2D eigenvalue weighted by molar-refractivity contribution is -0.136. The van der Waals surface area contributed by atoms with Gasteiger partial charge in [0.05, 0.1) is 43.9 Å². The van der Waals surface area contributed by atoms with Crippen LogP contribution in [-0.4, -0.2) is 93.9 Å². The fraction of sp³-hybridized carbons (Fsp3) is 0.455. The first-order valence-corrected chi connectivity index (χ1v) is 20.2. The number of fused-ring (bicyclic) bond motifs is 6. The molecule has 5 heterocycles. The van der Waals surface area contributed by atoms with Gasteiger partial charge in [0.1, 0.15) is 30.3 Å². The molecule has 2 fully saturated rings. The first kappa shape index (κ1) is 38.9. The lowest BCUT2D eigenvalue weighted by Gasteiger charge is -2.33. The van der Waals surface area contributed by atoms with E-state index in [-0.39, 0.29) is 41.9 Å². The number of rotatable bonds is 8. The highest BCUT2D eigenvalue weighted by Crippen LogP contribution is 2.45. The number of ether oxygens (including phenoxy) is 3. The van der Waals surface area contributed by atoms with Crippen molar-refractivity contribution in [2.45, 2.75) is 110 Å². The molecule has 2 saturated heterocycles. The SMILES string of the molecule is COC(=O)N[C@@H](C)C(=O)N1[C@@H](C)CC[C@H]1c1ncc(-c2ccc3c(c2)COc2cc4c5c(ccc4cc2-3)N=C([C@@H]2CC[C@H](C)N2C(=O)[C@@H](NC(=O)OC)C(C)C)C5)[nH]1. The zero-order chi connectivity index (χ0) is 41.0. The van der Waals surface area contributed by atoms with Crippen LogP contribution in [0, 0.1) is 5.92 Å². The number of amides is 4. The minimum atomic E-state index is -0.733. The Hall–Kier alpha value is -5.92. The summed E-state index contributed by atoms with van der Waals surface area (Å²) >= 11 is 0. The van der Waals surface area contributed by atoms with Crippen molar-refractivity contribution in [2.75, 3.05) is 14.2 Å². The maximum atomic E-state index is 14.0. The van der Waals surface area contributed by atoms with E-state index in [1.807, 2.05) is 36.8 Å². The number of aromatic amines is 1. The summed E-state index contributed by atoms with van der Waals surface area (Å²) in [6.07, 6.45) is 4.43. The van der Waals surface area contributed by atoms with Gasteiger partial charge in [-0.3, -0.25) is 14.6 Å². The van der Waals surface area contributed by atoms with Gasteiger partial charge in [-0.1, -0.05) is 32.0 Å². The molecular weight excluding hydrogens is 739 g/mol. The summed E-state index contributed by atoms with van der Waals surface area (Å²) in [5, 5.41) is 7.52. The maximum Gasteiger partial charge on any atom is 0.407 e. The zero-order valence-electron chi connectivity index (χ0n) is 34.0. The van der Waals surface area contributed by atoms with Crippen molar-refractivity contribution in [1.29, 1.82) is 0 Å². The van der Waals surface area contributed by atoms with E-state index >= 15 is 0 Å². The molecule has 4 aliphatic heterocycles. The monoisotopic (exact) mass is 789 g/mol. The number of nitrogens with one attached hydrogen (secondary N) is 3. The van der Waals surface area contributed by atoms with Crippen LogP contribution in [0.1, 0.15) is 83.3 Å². The number of hydrogen-bond donors (Lipinski definition) is 3. The molecule has 4 aliphatic rings. The minimum absolute atomic E-state index is 0.00128. The van der Waals surface area contributed by atoms with Crippen LogP contribution in [0.2, 0.25) is 0 Å². The Kier molecular flexibility index (Phi) is 10.4. The Bertz CT molecular complexity index is 2340. The van der Waals surface area contributed by atoms with E-state index in [1.54, 1.807) is 6.92 Å². The molecule has 8 rings (SSSR count). The molecule has 0 bridgehead atoms. The molecule has 4 amide bonds. The zero-order valence-corrected chi connectivity index (χ0v) is 34.0. The van der Waals surface area contributed by atoms with Crippen LogP contribution >= 0.6 is 0 Å². The van der Waals surface area contributed by atoms with Gasteiger partial charge in [0.25, 0.3) is 0 Å². The average molecular weight is 790 g/mol. The van der Waals surface area contributed by atoms with Gasteiger partial charge in [0, 0.05) is 29.8 Å². The molecule has 304 valence electrons. The minimum Gasteiger partial charge on any atom is -0.488 e. The highest BCUT2D eigenvalue weighted by Gasteiger charge is 2.43. The third kappa shape index (κ3) is 6.92. The topological polar surface area (TPSA) is 168 Å². The summed E-state index contributed by atoms with van der Waals surface area (Å²) < 4.78 is 16.0. The standard InChI is InChI=1S/C44H51N7O7/c1-22(2)39(49-44(55)57-7)42(53)50-23(3)8-14-36(50)34-18-31-30-19-38-32(17-26(30)11-13-33(31)47-34)29-12-10-27(16-28(29)21-58-38)35-20-45-40(48-35)37-15-9-24(4)51(37)41(52)25(5)46-43(54)56-6/h10-13,16-17,19-20,22-25,36-37,39H,8-9,14-15,18,21H2,1-7H3,(H,45,48)(H,46,54)(H,49,55)/t23-,24-,25-,36-,37-,39-/m0/s1. The van der Waals surface area contributed by atoms with Crippen molar-refractivity contribution < 1.29 is 33.4 Å². The van der Waals surface area contributed by atoms with E-state index in [2.05, 4.69) is 65.0 Å². The molecule has 0 spiro atoms. The first-order valence-electron chi connectivity index (χ1n) is 20.2. The van der Waals surface area contributed by atoms with Gasteiger partial charge >= 0.3 is 12.2 Å². The summed E-state index contributed by atoms with van der Waals surface area (Å²) in [4.78, 5) is 68.4. The number of hydrogen-bond acceptors (Lipinski definition) is 9. The normalized spacial score (nSPS) is 21.8. The quantitative estimate of drug-likeness (QED) is 0.172. The number of carbonyl (C=O) groups is 4. The van der Waals surface area contributed by atoms with E-state index in [9.17, 15) is 19.2 Å². The van der Waals surface area contributed by atoms with Crippen LogP contribution in [0.4, 0.5) is 15.3 Å². The molecule has 0 saturated carbocycles. The Morgan fingerprint density at radius 2 is 1.55 bits per heavy atom. The second-order valence-electron chi connectivity index (χ2n) is 16.3. The number of aliphatic imine (C=N–C) groups is 1. The molecule has 14 heteroatoms. The summed E-state index contributed by atoms with van der Waals surface area (Å²) in [6, 6.07) is 13.0. The molecule has 0 radical (unpaired) electrons. The van der Waals surface area contributed by atoms with E-state index in [0.717, 1.165) is 87.1 Å². The fourth-order valence-corrected chi connectivity index (χ4v) is 9.23. The third-order valence-electron chi connectivity index (χ3n) is 12.3. The number of benzene rings is 3. The molecule has 0 unspecified atom stereocenters. The number of carbonyl (C=O) groups excluding carboxylic acids is 4. The number of aromatic nitrogens is 2. The molecule has 3 aromatic carbocycles. The third-order valence-corrected chi connectivity index (χ3v) is 12.3. The number of nitrogens with zero attached hydrogens (tertiary/aromatic N) is 4. The number of likely N-dealkylation sites (tertiary alicyclic amines) is 2. The van der Waals surface area contributed by atoms with Crippen LogP contribution in [0.5, 0.6) is 5.75 Å². The van der Waals surface area contributed by atoms with Crippen molar-refractivity contribution >= 4 is 46.2 Å². The predicted octanol–water partition coefficient (Wildman–Crippen LogP) is 6.97. The van der Waals surface area contributed by atoms with Gasteiger partial charge in [-0.25, -0.2) is 14.6 Å². The van der Waals surface area contributed by atoms with E-state index in [0.29, 0.717) is 18.9 Å². The van der Waals surface area contributed by atoms with Gasteiger partial charge in [0.15, 0.2) is 0 Å². The van der Waals surface area contributed by atoms with Crippen LogP contribution in [-0.2, 0) is 32.1 Å². The van der Waals surface area contributed by atoms with Gasteiger partial charge < -0.3 is 39.6 Å². The second-order valence-corrected chi connectivity index (χ2v) is 16.3. The molecule has 14 nitrogen and oxygen atoms in total. The van der Waals surface area contributed by atoms with E-state index in [1.165, 1.54) is 14.2 Å². The Labute approximate surface area is 337 Å². The Morgan fingerprint density at radius 3 is 2.28 bits per heavy atom. The molecule has 1 aromatic heterocycles. The summed E-state index contributed by atoms with van der Waals surface area (Å²) in [7, 11) is 2.58. The highest BCUT2D eigenvalue weighted by atomic mass is 16.5. The lowest BCUT2D eigenvalue weighted by Crippen LogP contribution is -2.55. The van der Waals surface area contributed by atoms with Gasteiger partial charge in [-0.15, -0.1) is 0 Å². The number of methoxy groups -OCH3 is 2. The second kappa shape index (κ2) is 15.4. The van der Waals surface area contributed by atoms with Gasteiger partial charge in [-0.2, -0.15) is 0 Å². The molecule has 4 aromatic rings. The fourth-order valence-electron chi connectivity index (χ4n) is 9.23. The predicted molar refractivity (Wildman–Crippen MR) is 219 cm³/mol. The largest absolute Gasteiger partial charge is 0.488 e. The van der Waals surface area contributed by atoms with Crippen LogP contribution in [0.25, 0.3) is 33.2 Å². The average Bonchev–Trinajstić information content (AvgIpc) is 4.04. The highest BCUT2D eigenvalue weighted by molar-refractivity contribution is 6.06. The number of alkyl carbamates (subject to hydrolysis) is 2. The van der Waals surface area contributed by atoms with Crippen molar-refractivity contribution in [3.63, 3.8) is 0 Å². The summed E-state index contributed by atoms with van der Waals surface area (Å²) in [6.45, 7) is 9.99. The molecule has 0 aliphatic carbocycles.